The highest BCUT2D eigenvalue weighted by molar-refractivity contribution is 7.99. The van der Waals surface area contributed by atoms with E-state index in [0.717, 1.165) is 9.92 Å². The Bertz CT molecular complexity index is 586. The smallest absolute Gasteiger partial charge is 0.335 e. The lowest BCUT2D eigenvalue weighted by atomic mass is 10.2. The molecule has 0 unspecified atom stereocenters. The van der Waals surface area contributed by atoms with E-state index in [1.54, 1.807) is 24.4 Å². The third kappa shape index (κ3) is 3.48. The second-order valence-electron chi connectivity index (χ2n) is 3.67. The maximum absolute atomic E-state index is 10.9. The Morgan fingerprint density at radius 2 is 2.21 bits per heavy atom. The van der Waals surface area contributed by atoms with Gasteiger partial charge in [-0.25, -0.2) is 9.78 Å². The molecule has 0 saturated carbocycles. The zero-order valence-corrected chi connectivity index (χ0v) is 11.2. The van der Waals surface area contributed by atoms with Crippen molar-refractivity contribution < 1.29 is 14.6 Å². The third-order valence-electron chi connectivity index (χ3n) is 2.33. The maximum Gasteiger partial charge on any atom is 0.335 e. The number of benzene rings is 1. The van der Waals surface area contributed by atoms with Gasteiger partial charge in [-0.1, -0.05) is 17.8 Å². The van der Waals surface area contributed by atoms with E-state index in [1.165, 1.54) is 11.8 Å². The van der Waals surface area contributed by atoms with Gasteiger partial charge in [-0.05, 0) is 37.3 Å². The summed E-state index contributed by atoms with van der Waals surface area (Å²) in [5.41, 5.74) is 0.263. The fourth-order valence-electron chi connectivity index (χ4n) is 1.52. The molecule has 0 aliphatic carbocycles. The number of rotatable bonds is 5. The number of hydrogen-bond donors (Lipinski definition) is 1. The molecule has 1 aromatic carbocycles. The van der Waals surface area contributed by atoms with Gasteiger partial charge >= 0.3 is 5.97 Å². The predicted octanol–water partition coefficient (Wildman–Crippen LogP) is 3.33. The molecule has 0 amide bonds. The number of aromatic carboxylic acids is 1. The van der Waals surface area contributed by atoms with Crippen LogP contribution >= 0.6 is 11.8 Å². The highest BCUT2D eigenvalue weighted by Gasteiger charge is 2.08. The minimum atomic E-state index is -0.937. The van der Waals surface area contributed by atoms with E-state index in [4.69, 9.17) is 9.84 Å². The van der Waals surface area contributed by atoms with Crippen molar-refractivity contribution >= 4 is 17.7 Å². The van der Waals surface area contributed by atoms with Crippen molar-refractivity contribution in [2.45, 2.75) is 16.8 Å². The van der Waals surface area contributed by atoms with Crippen LogP contribution in [0.5, 0.6) is 5.75 Å². The van der Waals surface area contributed by atoms with Gasteiger partial charge in [0.1, 0.15) is 5.03 Å². The maximum atomic E-state index is 10.9. The van der Waals surface area contributed by atoms with Crippen LogP contribution in [-0.2, 0) is 0 Å². The lowest BCUT2D eigenvalue weighted by Gasteiger charge is -2.08. The molecule has 5 heteroatoms. The van der Waals surface area contributed by atoms with Crippen molar-refractivity contribution in [2.24, 2.45) is 0 Å². The van der Waals surface area contributed by atoms with Crippen LogP contribution in [0.25, 0.3) is 0 Å². The summed E-state index contributed by atoms with van der Waals surface area (Å²) in [5.74, 6) is -0.232. The minimum absolute atomic E-state index is 0.263. The highest BCUT2D eigenvalue weighted by Crippen LogP contribution is 2.33. The molecule has 0 aliphatic heterocycles. The Morgan fingerprint density at radius 3 is 2.95 bits per heavy atom. The first kappa shape index (κ1) is 13.4. The lowest BCUT2D eigenvalue weighted by molar-refractivity contribution is 0.0696. The SMILES string of the molecule is CCOc1cccnc1Sc1cccc(C(=O)O)c1. The first-order chi connectivity index (χ1) is 9.20. The Kier molecular flexibility index (Phi) is 4.41. The number of nitrogens with zero attached hydrogens (tertiary/aromatic N) is 1. The molecule has 0 saturated heterocycles. The molecule has 1 N–H and O–H groups in total. The molecule has 0 radical (unpaired) electrons. The van der Waals surface area contributed by atoms with Crippen LogP contribution in [0.2, 0.25) is 0 Å². The van der Waals surface area contributed by atoms with Crippen molar-refractivity contribution in [3.63, 3.8) is 0 Å². The molecule has 1 heterocycles. The molecule has 0 atom stereocenters. The molecular weight excluding hydrogens is 262 g/mol. The van der Waals surface area contributed by atoms with Crippen LogP contribution in [0.4, 0.5) is 0 Å². The van der Waals surface area contributed by atoms with Crippen LogP contribution in [0.15, 0.2) is 52.5 Å². The van der Waals surface area contributed by atoms with Crippen molar-refractivity contribution in [2.75, 3.05) is 6.61 Å². The van der Waals surface area contributed by atoms with Gasteiger partial charge in [0.05, 0.1) is 12.2 Å². The average Bonchev–Trinajstić information content (AvgIpc) is 2.41. The van der Waals surface area contributed by atoms with Crippen LogP contribution in [-0.4, -0.2) is 22.7 Å². The fraction of sp³-hybridized carbons (Fsp3) is 0.143. The standard InChI is InChI=1S/C14H13NO3S/c1-2-18-12-7-4-8-15-13(12)19-11-6-3-5-10(9-11)14(16)17/h3-9H,2H2,1H3,(H,16,17). The molecule has 0 spiro atoms. The lowest BCUT2D eigenvalue weighted by Crippen LogP contribution is -1.96. The zero-order chi connectivity index (χ0) is 13.7. The monoisotopic (exact) mass is 275 g/mol. The van der Waals surface area contributed by atoms with Crippen LogP contribution in [0.1, 0.15) is 17.3 Å². The summed E-state index contributed by atoms with van der Waals surface area (Å²) in [7, 11) is 0. The quantitative estimate of drug-likeness (QED) is 0.907. The summed E-state index contributed by atoms with van der Waals surface area (Å²) in [6.45, 7) is 2.47. The number of carboxylic acids is 1. The summed E-state index contributed by atoms with van der Waals surface area (Å²) in [6, 6.07) is 10.4. The van der Waals surface area contributed by atoms with Gasteiger partial charge in [0.2, 0.25) is 0 Å². The van der Waals surface area contributed by atoms with E-state index >= 15 is 0 Å². The average molecular weight is 275 g/mol. The van der Waals surface area contributed by atoms with Crippen molar-refractivity contribution in [1.29, 1.82) is 0 Å². The Balaban J connectivity index is 2.26. The number of ether oxygens (including phenoxy) is 1. The highest BCUT2D eigenvalue weighted by atomic mass is 32.2. The molecular formula is C14H13NO3S. The Labute approximate surface area is 115 Å². The molecule has 4 nitrogen and oxygen atoms in total. The van der Waals surface area contributed by atoms with Gasteiger partial charge in [0.25, 0.3) is 0 Å². The second-order valence-corrected chi connectivity index (χ2v) is 4.74. The van der Waals surface area contributed by atoms with E-state index in [2.05, 4.69) is 4.98 Å². The largest absolute Gasteiger partial charge is 0.491 e. The summed E-state index contributed by atoms with van der Waals surface area (Å²) >= 11 is 1.39. The zero-order valence-electron chi connectivity index (χ0n) is 10.4. The predicted molar refractivity (Wildman–Crippen MR) is 72.9 cm³/mol. The molecule has 19 heavy (non-hydrogen) atoms. The van der Waals surface area contributed by atoms with Gasteiger partial charge in [0, 0.05) is 11.1 Å². The van der Waals surface area contributed by atoms with Gasteiger partial charge < -0.3 is 9.84 Å². The molecule has 98 valence electrons. The van der Waals surface area contributed by atoms with E-state index in [-0.39, 0.29) is 5.56 Å². The van der Waals surface area contributed by atoms with Crippen molar-refractivity contribution in [3.8, 4) is 5.75 Å². The van der Waals surface area contributed by atoms with Gasteiger partial charge in [0.15, 0.2) is 5.75 Å². The number of hydrogen-bond acceptors (Lipinski definition) is 4. The van der Waals surface area contributed by atoms with Crippen molar-refractivity contribution in [1.82, 2.24) is 4.98 Å². The Hall–Kier alpha value is -2.01. The number of carboxylic acid groups (broad SMARTS) is 1. The third-order valence-corrected chi connectivity index (χ3v) is 3.32. The number of carbonyl (C=O) groups is 1. The first-order valence-corrected chi connectivity index (χ1v) is 6.61. The Morgan fingerprint density at radius 1 is 1.37 bits per heavy atom. The molecule has 1 aromatic heterocycles. The molecule has 2 aromatic rings. The molecule has 0 fully saturated rings. The first-order valence-electron chi connectivity index (χ1n) is 5.79. The summed E-state index contributed by atoms with van der Waals surface area (Å²) in [6.07, 6.45) is 1.69. The van der Waals surface area contributed by atoms with Gasteiger partial charge in [-0.2, -0.15) is 0 Å². The van der Waals surface area contributed by atoms with E-state index in [9.17, 15) is 4.79 Å². The summed E-state index contributed by atoms with van der Waals surface area (Å²) < 4.78 is 5.49. The fourth-order valence-corrected chi connectivity index (χ4v) is 2.42. The van der Waals surface area contributed by atoms with E-state index in [1.807, 2.05) is 25.1 Å². The van der Waals surface area contributed by atoms with Gasteiger partial charge in [-0.3, -0.25) is 0 Å². The van der Waals surface area contributed by atoms with E-state index < -0.39 is 5.97 Å². The van der Waals surface area contributed by atoms with Crippen LogP contribution in [0, 0.1) is 0 Å². The van der Waals surface area contributed by atoms with Crippen LogP contribution in [0.3, 0.4) is 0 Å². The molecule has 2 rings (SSSR count). The second kappa shape index (κ2) is 6.24. The summed E-state index contributed by atoms with van der Waals surface area (Å²) in [4.78, 5) is 16.0. The van der Waals surface area contributed by atoms with Crippen molar-refractivity contribution in [3.05, 3.63) is 48.2 Å². The van der Waals surface area contributed by atoms with Gasteiger partial charge in [-0.15, -0.1) is 0 Å². The topological polar surface area (TPSA) is 59.4 Å². The minimum Gasteiger partial charge on any atom is -0.491 e. The van der Waals surface area contributed by atoms with Crippen LogP contribution < -0.4 is 4.74 Å². The summed E-state index contributed by atoms with van der Waals surface area (Å²) in [5, 5.41) is 9.69. The normalized spacial score (nSPS) is 10.2. The molecule has 0 bridgehead atoms. The molecule has 0 aliphatic rings. The number of aromatic nitrogens is 1. The number of pyridine rings is 1. The van der Waals surface area contributed by atoms with E-state index in [0.29, 0.717) is 12.4 Å².